The molecule has 9 nitrogen and oxygen atoms in total. The number of nitrogens with zero attached hydrogens (tertiary/aromatic N) is 6. The van der Waals surface area contributed by atoms with Gasteiger partial charge in [0.05, 0.1) is 12.1 Å². The minimum atomic E-state index is -0.280. The second-order valence-corrected chi connectivity index (χ2v) is 5.52. The Morgan fingerprint density at radius 1 is 1.43 bits per heavy atom. The molecule has 0 fully saturated rings. The number of hydrogen-bond donors (Lipinski definition) is 1. The number of amides is 1. The lowest BCUT2D eigenvalue weighted by Crippen LogP contribution is -2.19. The fourth-order valence-electron chi connectivity index (χ4n) is 1.84. The second kappa shape index (κ2) is 6.48. The Kier molecular flexibility index (Phi) is 4.24. The summed E-state index contributed by atoms with van der Waals surface area (Å²) in [5, 5.41) is 14.4. The Morgan fingerprint density at radius 3 is 2.91 bits per heavy atom. The number of anilines is 2. The Balaban J connectivity index is 1.65. The minimum absolute atomic E-state index is 0.280. The zero-order valence-electron chi connectivity index (χ0n) is 12.4. The summed E-state index contributed by atoms with van der Waals surface area (Å²) in [6.45, 7) is 2.20. The maximum absolute atomic E-state index is 12.0. The van der Waals surface area contributed by atoms with Crippen molar-refractivity contribution in [2.24, 2.45) is 0 Å². The van der Waals surface area contributed by atoms with Crippen LogP contribution in [0.15, 0.2) is 28.4 Å². The molecule has 0 bridgehead atoms. The van der Waals surface area contributed by atoms with Gasteiger partial charge in [0.2, 0.25) is 11.0 Å². The predicted molar refractivity (Wildman–Crippen MR) is 83.2 cm³/mol. The van der Waals surface area contributed by atoms with Gasteiger partial charge in [0.15, 0.2) is 5.82 Å². The molecule has 0 radical (unpaired) electrons. The lowest BCUT2D eigenvalue weighted by atomic mass is 10.2. The number of aryl methyl sites for hydroxylation is 1. The molecule has 23 heavy (non-hydrogen) atoms. The highest BCUT2D eigenvalue weighted by Gasteiger charge is 2.11. The van der Waals surface area contributed by atoms with Crippen molar-refractivity contribution >= 4 is 28.2 Å². The van der Waals surface area contributed by atoms with Crippen LogP contribution in [0.3, 0.4) is 0 Å². The van der Waals surface area contributed by atoms with Crippen molar-refractivity contribution in [1.82, 2.24) is 25.3 Å². The first-order valence-corrected chi connectivity index (χ1v) is 7.53. The molecule has 118 valence electrons. The molecular weight excluding hydrogens is 318 g/mol. The molecule has 0 atom stereocenters. The normalized spacial score (nSPS) is 10.5. The van der Waals surface area contributed by atoms with Crippen molar-refractivity contribution in [3.8, 4) is 0 Å². The fourth-order valence-corrected chi connectivity index (χ4v) is 2.28. The van der Waals surface area contributed by atoms with Crippen LogP contribution in [-0.4, -0.2) is 38.3 Å². The quantitative estimate of drug-likeness (QED) is 0.749. The topological polar surface area (TPSA) is 110 Å². The number of carbonyl (C=O) groups excluding carboxylic acids is 1. The van der Waals surface area contributed by atoms with Gasteiger partial charge in [0.25, 0.3) is 5.91 Å². The third kappa shape index (κ3) is 3.66. The molecule has 0 aliphatic rings. The van der Waals surface area contributed by atoms with E-state index in [1.807, 2.05) is 11.9 Å². The van der Waals surface area contributed by atoms with Crippen LogP contribution in [0.2, 0.25) is 0 Å². The maximum Gasteiger partial charge on any atom is 0.259 e. The number of carbonyl (C=O) groups is 1. The molecular formula is C13H13N7O2S. The number of aromatic nitrogens is 5. The molecule has 1 N–H and O–H groups in total. The zero-order valence-corrected chi connectivity index (χ0v) is 13.2. The zero-order chi connectivity index (χ0) is 16.2. The van der Waals surface area contributed by atoms with E-state index in [0.29, 0.717) is 34.8 Å². The van der Waals surface area contributed by atoms with Gasteiger partial charge < -0.3 is 9.42 Å². The van der Waals surface area contributed by atoms with Crippen LogP contribution in [0.4, 0.5) is 10.9 Å². The van der Waals surface area contributed by atoms with E-state index in [1.165, 1.54) is 17.5 Å². The van der Waals surface area contributed by atoms with Crippen LogP contribution >= 0.6 is 11.3 Å². The van der Waals surface area contributed by atoms with Crippen LogP contribution in [-0.2, 0) is 6.54 Å². The van der Waals surface area contributed by atoms with E-state index in [4.69, 9.17) is 4.52 Å². The molecule has 0 saturated carbocycles. The highest BCUT2D eigenvalue weighted by molar-refractivity contribution is 7.13. The van der Waals surface area contributed by atoms with Gasteiger partial charge in [-0.25, -0.2) is 4.98 Å². The molecule has 3 heterocycles. The van der Waals surface area contributed by atoms with E-state index >= 15 is 0 Å². The summed E-state index contributed by atoms with van der Waals surface area (Å²) in [7, 11) is 1.86. The van der Waals surface area contributed by atoms with E-state index in [-0.39, 0.29) is 5.91 Å². The molecule has 3 aromatic rings. The molecule has 0 aromatic carbocycles. The highest BCUT2D eigenvalue weighted by atomic mass is 32.1. The summed E-state index contributed by atoms with van der Waals surface area (Å²) in [6.07, 6.45) is 1.50. The highest BCUT2D eigenvalue weighted by Crippen LogP contribution is 2.14. The summed E-state index contributed by atoms with van der Waals surface area (Å²) < 4.78 is 4.93. The largest absolute Gasteiger partial charge is 0.352 e. The van der Waals surface area contributed by atoms with E-state index in [2.05, 4.69) is 30.6 Å². The third-order valence-corrected chi connectivity index (χ3v) is 3.54. The van der Waals surface area contributed by atoms with Crippen LogP contribution < -0.4 is 10.2 Å². The Labute approximate surface area is 135 Å². The van der Waals surface area contributed by atoms with Crippen LogP contribution in [0.25, 0.3) is 0 Å². The maximum atomic E-state index is 12.0. The van der Waals surface area contributed by atoms with Gasteiger partial charge in [0.1, 0.15) is 11.3 Å². The molecule has 0 spiro atoms. The smallest absolute Gasteiger partial charge is 0.259 e. The number of hydrogen-bond acceptors (Lipinski definition) is 9. The Bertz CT molecular complexity index is 785. The molecule has 3 rings (SSSR count). The van der Waals surface area contributed by atoms with Gasteiger partial charge in [0, 0.05) is 20.2 Å². The average Bonchev–Trinajstić information content (AvgIpc) is 3.19. The third-order valence-electron chi connectivity index (χ3n) is 2.93. The molecule has 0 aliphatic carbocycles. The van der Waals surface area contributed by atoms with Crippen LogP contribution in [0.5, 0.6) is 0 Å². The van der Waals surface area contributed by atoms with E-state index in [1.54, 1.807) is 24.6 Å². The van der Waals surface area contributed by atoms with Gasteiger partial charge in [-0.2, -0.15) is 4.98 Å². The van der Waals surface area contributed by atoms with E-state index < -0.39 is 0 Å². The SMILES string of the molecule is Cc1nc(CN(C)c2ccc(C(=O)Nc3nncs3)cn2)no1. The number of nitrogens with one attached hydrogen (secondary N) is 1. The summed E-state index contributed by atoms with van der Waals surface area (Å²) in [6, 6.07) is 3.44. The first-order chi connectivity index (χ1) is 11.1. The van der Waals surface area contributed by atoms with Crippen LogP contribution in [0, 0.1) is 6.92 Å². The second-order valence-electron chi connectivity index (χ2n) is 4.69. The van der Waals surface area contributed by atoms with Crippen molar-refractivity contribution in [2.45, 2.75) is 13.5 Å². The summed E-state index contributed by atoms with van der Waals surface area (Å²) in [4.78, 5) is 22.3. The number of pyridine rings is 1. The first-order valence-electron chi connectivity index (χ1n) is 6.66. The monoisotopic (exact) mass is 331 g/mol. The van der Waals surface area contributed by atoms with Crippen molar-refractivity contribution in [1.29, 1.82) is 0 Å². The van der Waals surface area contributed by atoms with Crippen LogP contribution in [0.1, 0.15) is 22.1 Å². The average molecular weight is 331 g/mol. The molecule has 0 unspecified atom stereocenters. The molecule has 0 saturated heterocycles. The van der Waals surface area contributed by atoms with Crippen molar-refractivity contribution in [3.05, 3.63) is 41.1 Å². The molecule has 0 aliphatic heterocycles. The fraction of sp³-hybridized carbons (Fsp3) is 0.231. The van der Waals surface area contributed by atoms with Gasteiger partial charge in [-0.05, 0) is 12.1 Å². The van der Waals surface area contributed by atoms with Crippen molar-refractivity contribution in [3.63, 3.8) is 0 Å². The van der Waals surface area contributed by atoms with Gasteiger partial charge in [-0.1, -0.05) is 16.5 Å². The lowest BCUT2D eigenvalue weighted by Gasteiger charge is -2.15. The summed E-state index contributed by atoms with van der Waals surface area (Å²) in [5.74, 6) is 1.51. The van der Waals surface area contributed by atoms with Crippen molar-refractivity contribution in [2.75, 3.05) is 17.3 Å². The van der Waals surface area contributed by atoms with E-state index in [9.17, 15) is 4.79 Å². The first kappa shape index (κ1) is 15.0. The Morgan fingerprint density at radius 2 is 2.30 bits per heavy atom. The minimum Gasteiger partial charge on any atom is -0.352 e. The Hall–Kier alpha value is -2.88. The number of rotatable bonds is 5. The molecule has 10 heteroatoms. The standard InChI is InChI=1S/C13H13N7O2S/c1-8-16-10(19-22-8)6-20(2)11-4-3-9(5-14-11)12(21)17-13-18-15-7-23-13/h3-5,7H,6H2,1-2H3,(H,17,18,21). The van der Waals surface area contributed by atoms with Crippen molar-refractivity contribution < 1.29 is 9.32 Å². The van der Waals surface area contributed by atoms with Gasteiger partial charge >= 0.3 is 0 Å². The predicted octanol–water partition coefficient (Wildman–Crippen LogP) is 1.51. The summed E-state index contributed by atoms with van der Waals surface area (Å²) in [5.41, 5.74) is 1.98. The van der Waals surface area contributed by atoms with Gasteiger partial charge in [-0.3, -0.25) is 10.1 Å². The lowest BCUT2D eigenvalue weighted by molar-refractivity contribution is 0.102. The summed E-state index contributed by atoms with van der Waals surface area (Å²) >= 11 is 1.25. The van der Waals surface area contributed by atoms with Gasteiger partial charge in [-0.15, -0.1) is 10.2 Å². The van der Waals surface area contributed by atoms with E-state index in [0.717, 1.165) is 0 Å². The molecule has 3 aromatic heterocycles. The molecule has 1 amide bonds.